The predicted octanol–water partition coefficient (Wildman–Crippen LogP) is 1.88. The van der Waals surface area contributed by atoms with Gasteiger partial charge in [-0.3, -0.25) is 4.90 Å². The van der Waals surface area contributed by atoms with Crippen LogP contribution in [-0.2, 0) is 4.74 Å². The van der Waals surface area contributed by atoms with Crippen molar-refractivity contribution in [3.63, 3.8) is 0 Å². The Kier molecular flexibility index (Phi) is 4.45. The molecule has 2 rings (SSSR count). The number of nitrogens with zero attached hydrogens (tertiary/aromatic N) is 1. The van der Waals surface area contributed by atoms with Gasteiger partial charge in [0.15, 0.2) is 0 Å². The van der Waals surface area contributed by atoms with Crippen molar-refractivity contribution in [3.05, 3.63) is 0 Å². The second-order valence-electron chi connectivity index (χ2n) is 6.32. The average Bonchev–Trinajstić information content (AvgIpc) is 3.07. The van der Waals surface area contributed by atoms with Crippen LogP contribution < -0.4 is 5.32 Å². The summed E-state index contributed by atoms with van der Waals surface area (Å²) >= 11 is 0. The SMILES string of the molecule is CCC1CNC(C)(C)CN1CCOCC1CC1. The minimum atomic E-state index is 0.252. The maximum atomic E-state index is 5.76. The van der Waals surface area contributed by atoms with Crippen LogP contribution in [0.1, 0.15) is 40.0 Å². The molecule has 0 amide bonds. The van der Waals surface area contributed by atoms with Crippen LogP contribution >= 0.6 is 0 Å². The highest BCUT2D eigenvalue weighted by Crippen LogP contribution is 2.28. The second kappa shape index (κ2) is 5.68. The van der Waals surface area contributed by atoms with E-state index in [4.69, 9.17) is 4.74 Å². The molecule has 1 heterocycles. The Hall–Kier alpha value is -0.120. The first-order valence-electron chi connectivity index (χ1n) is 7.17. The quantitative estimate of drug-likeness (QED) is 0.717. The number of piperazine rings is 1. The summed E-state index contributed by atoms with van der Waals surface area (Å²) in [5.74, 6) is 0.886. The van der Waals surface area contributed by atoms with Crippen molar-refractivity contribution in [2.45, 2.75) is 51.6 Å². The van der Waals surface area contributed by atoms with Crippen LogP contribution in [0.4, 0.5) is 0 Å². The molecule has 2 fully saturated rings. The molecule has 0 spiro atoms. The number of nitrogens with one attached hydrogen (secondary N) is 1. The minimum Gasteiger partial charge on any atom is -0.380 e. The first-order chi connectivity index (χ1) is 8.11. The smallest absolute Gasteiger partial charge is 0.0593 e. The molecule has 1 aliphatic heterocycles. The molecule has 1 aliphatic carbocycles. The van der Waals surface area contributed by atoms with Gasteiger partial charge in [-0.1, -0.05) is 6.92 Å². The molecule has 0 aromatic rings. The van der Waals surface area contributed by atoms with Gasteiger partial charge in [-0.05, 0) is 39.0 Å². The fraction of sp³-hybridized carbons (Fsp3) is 1.00. The van der Waals surface area contributed by atoms with Gasteiger partial charge in [0, 0.05) is 37.8 Å². The number of rotatable bonds is 6. The van der Waals surface area contributed by atoms with E-state index in [1.54, 1.807) is 0 Å². The lowest BCUT2D eigenvalue weighted by molar-refractivity contribution is 0.0451. The normalized spacial score (nSPS) is 29.5. The molecule has 3 heteroatoms. The van der Waals surface area contributed by atoms with E-state index in [-0.39, 0.29) is 5.54 Å². The molecule has 0 bridgehead atoms. The lowest BCUT2D eigenvalue weighted by Gasteiger charge is -2.44. The van der Waals surface area contributed by atoms with Gasteiger partial charge in [-0.25, -0.2) is 0 Å². The third kappa shape index (κ3) is 4.23. The zero-order valence-electron chi connectivity index (χ0n) is 11.7. The molecule has 100 valence electrons. The van der Waals surface area contributed by atoms with Crippen LogP contribution in [0.5, 0.6) is 0 Å². The molecule has 3 nitrogen and oxygen atoms in total. The van der Waals surface area contributed by atoms with Crippen LogP contribution in [0.15, 0.2) is 0 Å². The van der Waals surface area contributed by atoms with E-state index >= 15 is 0 Å². The van der Waals surface area contributed by atoms with Crippen LogP contribution in [0.2, 0.25) is 0 Å². The molecule has 1 saturated heterocycles. The molecular weight excluding hydrogens is 212 g/mol. The molecule has 1 unspecified atom stereocenters. The molecule has 0 aromatic heterocycles. The molecular formula is C14H28N2O. The van der Waals surface area contributed by atoms with Crippen molar-refractivity contribution in [2.24, 2.45) is 5.92 Å². The Labute approximate surface area is 106 Å². The number of hydrogen-bond acceptors (Lipinski definition) is 3. The van der Waals surface area contributed by atoms with Crippen molar-refractivity contribution in [1.82, 2.24) is 10.2 Å². The second-order valence-corrected chi connectivity index (χ2v) is 6.32. The summed E-state index contributed by atoms with van der Waals surface area (Å²) in [7, 11) is 0. The van der Waals surface area contributed by atoms with Crippen LogP contribution in [0.3, 0.4) is 0 Å². The van der Waals surface area contributed by atoms with Crippen LogP contribution in [-0.4, -0.2) is 49.3 Å². The Morgan fingerprint density at radius 1 is 1.35 bits per heavy atom. The third-order valence-electron chi connectivity index (χ3n) is 3.98. The molecule has 0 radical (unpaired) electrons. The molecule has 1 saturated carbocycles. The van der Waals surface area contributed by atoms with E-state index in [0.717, 1.165) is 38.8 Å². The van der Waals surface area contributed by atoms with Crippen molar-refractivity contribution >= 4 is 0 Å². The van der Waals surface area contributed by atoms with E-state index in [1.165, 1.54) is 19.3 Å². The largest absolute Gasteiger partial charge is 0.380 e. The monoisotopic (exact) mass is 240 g/mol. The Bertz CT molecular complexity index is 238. The lowest BCUT2D eigenvalue weighted by Crippen LogP contribution is -2.61. The Morgan fingerprint density at radius 2 is 2.12 bits per heavy atom. The summed E-state index contributed by atoms with van der Waals surface area (Å²) in [4.78, 5) is 2.60. The Morgan fingerprint density at radius 3 is 2.76 bits per heavy atom. The number of hydrogen-bond donors (Lipinski definition) is 1. The topological polar surface area (TPSA) is 24.5 Å². The van der Waals surface area contributed by atoms with E-state index in [2.05, 4.69) is 31.0 Å². The van der Waals surface area contributed by atoms with Gasteiger partial charge in [0.25, 0.3) is 0 Å². The van der Waals surface area contributed by atoms with Gasteiger partial charge in [0.2, 0.25) is 0 Å². The summed E-state index contributed by atoms with van der Waals surface area (Å²) in [6, 6.07) is 0.688. The summed E-state index contributed by atoms with van der Waals surface area (Å²) in [6.07, 6.45) is 4.00. The average molecular weight is 240 g/mol. The number of ether oxygens (including phenoxy) is 1. The van der Waals surface area contributed by atoms with Gasteiger partial charge in [-0.2, -0.15) is 0 Å². The van der Waals surface area contributed by atoms with Crippen LogP contribution in [0, 0.1) is 5.92 Å². The minimum absolute atomic E-state index is 0.252. The summed E-state index contributed by atoms with van der Waals surface area (Å²) in [5.41, 5.74) is 0.252. The molecule has 1 atom stereocenters. The van der Waals surface area contributed by atoms with Gasteiger partial charge in [0.1, 0.15) is 0 Å². The van der Waals surface area contributed by atoms with E-state index in [0.29, 0.717) is 6.04 Å². The van der Waals surface area contributed by atoms with Gasteiger partial charge < -0.3 is 10.1 Å². The predicted molar refractivity (Wildman–Crippen MR) is 71.3 cm³/mol. The summed E-state index contributed by atoms with van der Waals surface area (Å²) < 4.78 is 5.76. The molecule has 17 heavy (non-hydrogen) atoms. The standard InChI is InChI=1S/C14H28N2O/c1-4-13-9-15-14(2,3)11-16(13)7-8-17-10-12-5-6-12/h12-13,15H,4-11H2,1-3H3. The van der Waals surface area contributed by atoms with Gasteiger partial charge in [0.05, 0.1) is 6.61 Å². The molecule has 2 aliphatic rings. The highest BCUT2D eigenvalue weighted by Gasteiger charge is 2.31. The zero-order valence-corrected chi connectivity index (χ0v) is 11.7. The highest BCUT2D eigenvalue weighted by atomic mass is 16.5. The zero-order chi connectivity index (χ0) is 12.3. The summed E-state index contributed by atoms with van der Waals surface area (Å²) in [6.45, 7) is 12.1. The first kappa shape index (κ1) is 13.3. The van der Waals surface area contributed by atoms with Gasteiger partial charge in [-0.15, -0.1) is 0 Å². The van der Waals surface area contributed by atoms with Crippen molar-refractivity contribution in [3.8, 4) is 0 Å². The molecule has 0 aromatic carbocycles. The van der Waals surface area contributed by atoms with Crippen molar-refractivity contribution in [2.75, 3.05) is 32.8 Å². The summed E-state index contributed by atoms with van der Waals surface area (Å²) in [5, 5.41) is 3.63. The fourth-order valence-electron chi connectivity index (χ4n) is 2.60. The first-order valence-corrected chi connectivity index (χ1v) is 7.17. The molecule has 1 N–H and O–H groups in total. The fourth-order valence-corrected chi connectivity index (χ4v) is 2.60. The highest BCUT2D eigenvalue weighted by molar-refractivity contribution is 4.91. The maximum absolute atomic E-state index is 5.76. The van der Waals surface area contributed by atoms with Gasteiger partial charge >= 0.3 is 0 Å². The van der Waals surface area contributed by atoms with E-state index in [1.807, 2.05) is 0 Å². The van der Waals surface area contributed by atoms with E-state index in [9.17, 15) is 0 Å². The van der Waals surface area contributed by atoms with E-state index < -0.39 is 0 Å². The maximum Gasteiger partial charge on any atom is 0.0593 e. The van der Waals surface area contributed by atoms with Crippen molar-refractivity contribution in [1.29, 1.82) is 0 Å². The Balaban J connectivity index is 1.70. The third-order valence-corrected chi connectivity index (χ3v) is 3.98. The van der Waals surface area contributed by atoms with Crippen molar-refractivity contribution < 1.29 is 4.74 Å². The van der Waals surface area contributed by atoms with Crippen LogP contribution in [0.25, 0.3) is 0 Å². The lowest BCUT2D eigenvalue weighted by atomic mass is 9.98.